The van der Waals surface area contributed by atoms with E-state index in [-0.39, 0.29) is 0 Å². The standard InChI is InChI=1S/C10H12N2/c1-2-10-9(5-3-7-11)6-4-8-12-10/h1,4,6,8H,3,5,7,11H2. The Kier molecular flexibility index (Phi) is 3.31. The molecule has 0 saturated carbocycles. The first kappa shape index (κ1) is 8.76. The molecule has 1 heterocycles. The predicted octanol–water partition coefficient (Wildman–Crippen LogP) is 0.954. The van der Waals surface area contributed by atoms with Crippen LogP contribution in [0.5, 0.6) is 0 Å². The molecule has 0 aromatic carbocycles. The SMILES string of the molecule is C#Cc1ncccc1CCCN. The number of aromatic nitrogens is 1. The van der Waals surface area contributed by atoms with Crippen molar-refractivity contribution in [1.29, 1.82) is 0 Å². The molecule has 0 amide bonds. The van der Waals surface area contributed by atoms with Crippen LogP contribution in [-0.4, -0.2) is 11.5 Å². The number of terminal acetylenes is 1. The molecule has 0 fully saturated rings. The molecule has 2 nitrogen and oxygen atoms in total. The first-order valence-electron chi connectivity index (χ1n) is 3.99. The Morgan fingerprint density at radius 2 is 2.42 bits per heavy atom. The van der Waals surface area contributed by atoms with Gasteiger partial charge in [0.1, 0.15) is 5.69 Å². The zero-order valence-electron chi connectivity index (χ0n) is 6.96. The van der Waals surface area contributed by atoms with Crippen molar-refractivity contribution in [2.24, 2.45) is 5.73 Å². The van der Waals surface area contributed by atoms with Crippen LogP contribution in [0.3, 0.4) is 0 Å². The Bertz CT molecular complexity index is 286. The molecule has 0 radical (unpaired) electrons. The summed E-state index contributed by atoms with van der Waals surface area (Å²) in [6.07, 6.45) is 8.87. The van der Waals surface area contributed by atoms with E-state index < -0.39 is 0 Å². The molecule has 0 aliphatic heterocycles. The van der Waals surface area contributed by atoms with Gasteiger partial charge >= 0.3 is 0 Å². The number of hydrogen-bond donors (Lipinski definition) is 1. The van der Waals surface area contributed by atoms with E-state index in [4.69, 9.17) is 12.2 Å². The fourth-order valence-electron chi connectivity index (χ4n) is 1.06. The zero-order chi connectivity index (χ0) is 8.81. The summed E-state index contributed by atoms with van der Waals surface area (Å²) >= 11 is 0. The average molecular weight is 160 g/mol. The monoisotopic (exact) mass is 160 g/mol. The average Bonchev–Trinajstić information content (AvgIpc) is 2.15. The number of pyridine rings is 1. The highest BCUT2D eigenvalue weighted by molar-refractivity contribution is 5.33. The van der Waals surface area contributed by atoms with Gasteiger partial charge in [0.05, 0.1) is 0 Å². The van der Waals surface area contributed by atoms with E-state index in [1.807, 2.05) is 12.1 Å². The summed E-state index contributed by atoms with van der Waals surface area (Å²) in [5, 5.41) is 0. The van der Waals surface area contributed by atoms with Crippen molar-refractivity contribution in [3.8, 4) is 12.3 Å². The largest absolute Gasteiger partial charge is 0.330 e. The van der Waals surface area contributed by atoms with Crippen molar-refractivity contribution in [2.45, 2.75) is 12.8 Å². The normalized spacial score (nSPS) is 9.33. The van der Waals surface area contributed by atoms with Gasteiger partial charge < -0.3 is 5.73 Å². The van der Waals surface area contributed by atoms with Crippen LogP contribution in [0.2, 0.25) is 0 Å². The summed E-state index contributed by atoms with van der Waals surface area (Å²) in [5.41, 5.74) is 7.25. The molecule has 1 aromatic rings. The molecule has 1 aromatic heterocycles. The molecule has 0 aliphatic carbocycles. The Morgan fingerprint density at radius 1 is 1.58 bits per heavy atom. The van der Waals surface area contributed by atoms with Gasteiger partial charge in [0.25, 0.3) is 0 Å². The van der Waals surface area contributed by atoms with Crippen molar-refractivity contribution >= 4 is 0 Å². The van der Waals surface area contributed by atoms with Crippen molar-refractivity contribution in [1.82, 2.24) is 4.98 Å². The molecule has 1 rings (SSSR count). The quantitative estimate of drug-likeness (QED) is 0.669. The molecule has 0 bridgehead atoms. The molecule has 2 N–H and O–H groups in total. The van der Waals surface area contributed by atoms with Gasteiger partial charge in [0.15, 0.2) is 0 Å². The Morgan fingerprint density at radius 3 is 3.08 bits per heavy atom. The second-order valence-corrected chi connectivity index (χ2v) is 2.55. The number of hydrogen-bond acceptors (Lipinski definition) is 2. The van der Waals surface area contributed by atoms with Crippen LogP contribution in [0.15, 0.2) is 18.3 Å². The highest BCUT2D eigenvalue weighted by atomic mass is 14.7. The molecule has 0 spiro atoms. The van der Waals surface area contributed by atoms with Crippen LogP contribution in [0.4, 0.5) is 0 Å². The van der Waals surface area contributed by atoms with E-state index in [2.05, 4.69) is 10.9 Å². The minimum atomic E-state index is 0.693. The van der Waals surface area contributed by atoms with E-state index in [0.717, 1.165) is 24.1 Å². The fraction of sp³-hybridized carbons (Fsp3) is 0.300. The molecule has 0 aliphatic rings. The maximum absolute atomic E-state index is 5.40. The maximum Gasteiger partial charge on any atom is 0.116 e. The van der Waals surface area contributed by atoms with Gasteiger partial charge in [-0.15, -0.1) is 6.42 Å². The number of nitrogens with two attached hydrogens (primary N) is 1. The number of aryl methyl sites for hydroxylation is 1. The van der Waals surface area contributed by atoms with E-state index in [1.54, 1.807) is 6.20 Å². The van der Waals surface area contributed by atoms with Gasteiger partial charge in [-0.1, -0.05) is 6.07 Å². The molecule has 62 valence electrons. The topological polar surface area (TPSA) is 38.9 Å². The van der Waals surface area contributed by atoms with Gasteiger partial charge in [0, 0.05) is 6.20 Å². The summed E-state index contributed by atoms with van der Waals surface area (Å²) < 4.78 is 0. The Labute approximate surface area is 72.8 Å². The number of rotatable bonds is 3. The van der Waals surface area contributed by atoms with Crippen LogP contribution >= 0.6 is 0 Å². The second-order valence-electron chi connectivity index (χ2n) is 2.55. The van der Waals surface area contributed by atoms with Crippen molar-refractivity contribution in [3.05, 3.63) is 29.6 Å². The van der Waals surface area contributed by atoms with Crippen LogP contribution < -0.4 is 5.73 Å². The molecule has 0 unspecified atom stereocenters. The third-order valence-corrected chi connectivity index (χ3v) is 1.68. The van der Waals surface area contributed by atoms with Crippen LogP contribution in [-0.2, 0) is 6.42 Å². The third kappa shape index (κ3) is 2.08. The van der Waals surface area contributed by atoms with Crippen molar-refractivity contribution in [2.75, 3.05) is 6.54 Å². The Hall–Kier alpha value is -1.33. The lowest BCUT2D eigenvalue weighted by Gasteiger charge is -2.00. The summed E-state index contributed by atoms with van der Waals surface area (Å²) in [6.45, 7) is 0.693. The lowest BCUT2D eigenvalue weighted by atomic mass is 10.1. The highest BCUT2D eigenvalue weighted by Gasteiger charge is 1.98. The summed E-state index contributed by atoms with van der Waals surface area (Å²) in [5.74, 6) is 2.55. The molecule has 12 heavy (non-hydrogen) atoms. The van der Waals surface area contributed by atoms with E-state index in [9.17, 15) is 0 Å². The maximum atomic E-state index is 5.40. The number of nitrogens with zero attached hydrogens (tertiary/aromatic N) is 1. The van der Waals surface area contributed by atoms with Gasteiger partial charge in [-0.3, -0.25) is 0 Å². The van der Waals surface area contributed by atoms with E-state index in [1.165, 1.54) is 0 Å². The molecule has 0 saturated heterocycles. The predicted molar refractivity (Wildman–Crippen MR) is 49.5 cm³/mol. The van der Waals surface area contributed by atoms with Gasteiger partial charge in [-0.25, -0.2) is 4.98 Å². The molecular weight excluding hydrogens is 148 g/mol. The minimum absolute atomic E-state index is 0.693. The van der Waals surface area contributed by atoms with Crippen molar-refractivity contribution in [3.63, 3.8) is 0 Å². The van der Waals surface area contributed by atoms with Crippen LogP contribution in [0.25, 0.3) is 0 Å². The van der Waals surface area contributed by atoms with Gasteiger partial charge in [-0.05, 0) is 36.9 Å². The highest BCUT2D eigenvalue weighted by Crippen LogP contribution is 2.05. The fourth-order valence-corrected chi connectivity index (χ4v) is 1.06. The van der Waals surface area contributed by atoms with Gasteiger partial charge in [-0.2, -0.15) is 0 Å². The Balaban J connectivity index is 2.77. The summed E-state index contributed by atoms with van der Waals surface area (Å²) in [4.78, 5) is 4.07. The van der Waals surface area contributed by atoms with E-state index in [0.29, 0.717) is 6.54 Å². The second kappa shape index (κ2) is 4.53. The smallest absolute Gasteiger partial charge is 0.116 e. The van der Waals surface area contributed by atoms with Crippen LogP contribution in [0, 0.1) is 12.3 Å². The molecular formula is C10H12N2. The van der Waals surface area contributed by atoms with Crippen LogP contribution in [0.1, 0.15) is 17.7 Å². The molecule has 0 atom stereocenters. The van der Waals surface area contributed by atoms with E-state index >= 15 is 0 Å². The minimum Gasteiger partial charge on any atom is -0.330 e. The van der Waals surface area contributed by atoms with Crippen molar-refractivity contribution < 1.29 is 0 Å². The lowest BCUT2D eigenvalue weighted by Crippen LogP contribution is -2.02. The first-order chi connectivity index (χ1) is 5.88. The summed E-state index contributed by atoms with van der Waals surface area (Å²) in [7, 11) is 0. The third-order valence-electron chi connectivity index (χ3n) is 1.68. The lowest BCUT2D eigenvalue weighted by molar-refractivity contribution is 0.826. The summed E-state index contributed by atoms with van der Waals surface area (Å²) in [6, 6.07) is 3.89. The molecule has 2 heteroatoms. The zero-order valence-corrected chi connectivity index (χ0v) is 6.96. The first-order valence-corrected chi connectivity index (χ1v) is 3.99. The van der Waals surface area contributed by atoms with Gasteiger partial charge in [0.2, 0.25) is 0 Å².